The Bertz CT molecular complexity index is 417. The summed E-state index contributed by atoms with van der Waals surface area (Å²) in [6.07, 6.45) is 1.04. The number of hydrogen-bond donors (Lipinski definition) is 0. The molecule has 0 amide bonds. The molecule has 0 fully saturated rings. The smallest absolute Gasteiger partial charge is 0 e. The normalized spacial score (nSPS) is 9.62. The van der Waals surface area contributed by atoms with Crippen LogP contribution in [0.4, 0.5) is 0 Å². The van der Waals surface area contributed by atoms with Crippen LogP contribution in [0.5, 0.6) is 0 Å². The van der Waals surface area contributed by atoms with Crippen LogP contribution in [0.1, 0.15) is 22.3 Å². The van der Waals surface area contributed by atoms with Crippen LogP contribution in [-0.4, -0.2) is 29.6 Å². The van der Waals surface area contributed by atoms with Gasteiger partial charge < -0.3 is 0 Å². The van der Waals surface area contributed by atoms with Crippen LogP contribution in [-0.2, 0) is 6.42 Å². The van der Waals surface area contributed by atoms with E-state index in [1.165, 1.54) is 22.3 Å². The zero-order valence-corrected chi connectivity index (χ0v) is 12.3. The summed E-state index contributed by atoms with van der Waals surface area (Å²) in [4.78, 5) is 0. The van der Waals surface area contributed by atoms with Crippen molar-refractivity contribution < 1.29 is 0 Å². The second kappa shape index (κ2) is 6.24. The van der Waals surface area contributed by atoms with Crippen LogP contribution < -0.4 is 0 Å². The first-order valence-electron chi connectivity index (χ1n) is 5.36. The first-order valence-corrected chi connectivity index (χ1v) is 5.36. The third-order valence-electron chi connectivity index (χ3n) is 2.90. The molecule has 0 saturated carbocycles. The molecular formula is C15H16Na. The topological polar surface area (TPSA) is 0 Å². The zero-order chi connectivity index (χ0) is 10.7. The molecule has 0 nitrogen and oxygen atoms in total. The molecule has 0 spiro atoms. The molecule has 0 atom stereocenters. The van der Waals surface area contributed by atoms with Crippen molar-refractivity contribution in [3.05, 3.63) is 70.8 Å². The van der Waals surface area contributed by atoms with E-state index in [0.717, 1.165) is 6.42 Å². The standard InChI is InChI=1S/C15H16.Na/c1-12-7-3-5-9-14(12)11-15-10-6-4-8-13(15)2;/h3-10H,11H2,1-2H3;. The molecule has 2 aromatic rings. The summed E-state index contributed by atoms with van der Waals surface area (Å²) in [7, 11) is 0. The Hall–Kier alpha value is -0.560. The number of benzene rings is 2. The molecule has 16 heavy (non-hydrogen) atoms. The molecule has 0 aliphatic carbocycles. The predicted octanol–water partition coefficient (Wildman–Crippen LogP) is 3.51. The summed E-state index contributed by atoms with van der Waals surface area (Å²) >= 11 is 0. The van der Waals surface area contributed by atoms with Gasteiger partial charge in [0.15, 0.2) is 0 Å². The van der Waals surface area contributed by atoms with Gasteiger partial charge in [0.05, 0.1) is 0 Å². The molecule has 0 aromatic heterocycles. The molecule has 0 unspecified atom stereocenters. The first-order chi connectivity index (χ1) is 7.27. The van der Waals surface area contributed by atoms with E-state index < -0.39 is 0 Å². The predicted molar refractivity (Wildman–Crippen MR) is 70.9 cm³/mol. The van der Waals surface area contributed by atoms with Crippen molar-refractivity contribution in [1.82, 2.24) is 0 Å². The van der Waals surface area contributed by atoms with Crippen molar-refractivity contribution in [3.8, 4) is 0 Å². The van der Waals surface area contributed by atoms with E-state index in [9.17, 15) is 0 Å². The van der Waals surface area contributed by atoms with Gasteiger partial charge in [-0.15, -0.1) is 0 Å². The van der Waals surface area contributed by atoms with E-state index in [1.807, 2.05) is 0 Å². The molecule has 0 saturated heterocycles. The van der Waals surface area contributed by atoms with E-state index in [0.29, 0.717) is 0 Å². The van der Waals surface area contributed by atoms with Gasteiger partial charge in [-0.2, -0.15) is 0 Å². The van der Waals surface area contributed by atoms with E-state index in [1.54, 1.807) is 0 Å². The Morgan fingerprint density at radius 3 is 1.44 bits per heavy atom. The molecule has 0 N–H and O–H groups in total. The van der Waals surface area contributed by atoms with Gasteiger partial charge in [-0.25, -0.2) is 0 Å². The second-order valence-electron chi connectivity index (χ2n) is 4.03. The van der Waals surface area contributed by atoms with Crippen molar-refractivity contribution in [2.24, 2.45) is 0 Å². The van der Waals surface area contributed by atoms with E-state index >= 15 is 0 Å². The molecule has 0 aliphatic rings. The zero-order valence-electron chi connectivity index (χ0n) is 10.3. The van der Waals surface area contributed by atoms with E-state index in [-0.39, 0.29) is 29.6 Å². The molecule has 0 bridgehead atoms. The maximum atomic E-state index is 2.21. The van der Waals surface area contributed by atoms with Gasteiger partial charge in [-0.1, -0.05) is 48.5 Å². The van der Waals surface area contributed by atoms with Gasteiger partial charge in [0.1, 0.15) is 0 Å². The average Bonchev–Trinajstić information content (AvgIpc) is 2.24. The minimum atomic E-state index is 0. The van der Waals surface area contributed by atoms with Crippen molar-refractivity contribution >= 4 is 29.6 Å². The van der Waals surface area contributed by atoms with Crippen LogP contribution in [0.2, 0.25) is 0 Å². The van der Waals surface area contributed by atoms with Gasteiger partial charge >= 0.3 is 0 Å². The molecule has 0 aliphatic heterocycles. The minimum absolute atomic E-state index is 0. The number of hydrogen-bond acceptors (Lipinski definition) is 0. The van der Waals surface area contributed by atoms with E-state index in [2.05, 4.69) is 62.4 Å². The average molecular weight is 219 g/mol. The maximum Gasteiger partial charge on any atom is 0 e. The molecular weight excluding hydrogens is 203 g/mol. The van der Waals surface area contributed by atoms with Crippen LogP contribution in [0.15, 0.2) is 48.5 Å². The minimum Gasteiger partial charge on any atom is -0.0620 e. The fourth-order valence-corrected chi connectivity index (χ4v) is 1.82. The maximum absolute atomic E-state index is 2.21. The molecule has 1 radical (unpaired) electrons. The Labute approximate surface area is 120 Å². The molecule has 77 valence electrons. The molecule has 1 heteroatoms. The quantitative estimate of drug-likeness (QED) is 0.678. The third-order valence-corrected chi connectivity index (χ3v) is 2.90. The summed E-state index contributed by atoms with van der Waals surface area (Å²) < 4.78 is 0. The van der Waals surface area contributed by atoms with Gasteiger partial charge in [-0.05, 0) is 42.5 Å². The van der Waals surface area contributed by atoms with E-state index in [4.69, 9.17) is 0 Å². The van der Waals surface area contributed by atoms with Crippen molar-refractivity contribution in [2.45, 2.75) is 20.3 Å². The summed E-state index contributed by atoms with van der Waals surface area (Å²) in [5.41, 5.74) is 5.60. The summed E-state index contributed by atoms with van der Waals surface area (Å²) in [6, 6.07) is 17.2. The van der Waals surface area contributed by atoms with Crippen LogP contribution in [0.3, 0.4) is 0 Å². The third kappa shape index (κ3) is 3.21. The monoisotopic (exact) mass is 219 g/mol. The van der Waals surface area contributed by atoms with Crippen molar-refractivity contribution in [1.29, 1.82) is 0 Å². The van der Waals surface area contributed by atoms with Gasteiger partial charge in [-0.3, -0.25) is 0 Å². The Balaban J connectivity index is 0.00000128. The van der Waals surface area contributed by atoms with Crippen molar-refractivity contribution in [2.75, 3.05) is 0 Å². The number of rotatable bonds is 2. The fourth-order valence-electron chi connectivity index (χ4n) is 1.82. The second-order valence-corrected chi connectivity index (χ2v) is 4.03. The first kappa shape index (κ1) is 13.5. The van der Waals surface area contributed by atoms with Gasteiger partial charge in [0.25, 0.3) is 0 Å². The molecule has 2 rings (SSSR count). The van der Waals surface area contributed by atoms with Crippen LogP contribution >= 0.6 is 0 Å². The summed E-state index contributed by atoms with van der Waals surface area (Å²) in [5, 5.41) is 0. The Kier molecular flexibility index (Phi) is 5.27. The Morgan fingerprint density at radius 1 is 0.688 bits per heavy atom. The van der Waals surface area contributed by atoms with Gasteiger partial charge in [0.2, 0.25) is 0 Å². The Morgan fingerprint density at radius 2 is 1.06 bits per heavy atom. The van der Waals surface area contributed by atoms with Crippen molar-refractivity contribution in [3.63, 3.8) is 0 Å². The van der Waals surface area contributed by atoms with Crippen LogP contribution in [0, 0.1) is 13.8 Å². The SMILES string of the molecule is Cc1ccccc1Cc1ccccc1C.[Na]. The van der Waals surface area contributed by atoms with Crippen LogP contribution in [0.25, 0.3) is 0 Å². The summed E-state index contributed by atoms with van der Waals surface area (Å²) in [6.45, 7) is 4.35. The fraction of sp³-hybridized carbons (Fsp3) is 0.200. The molecule has 2 aromatic carbocycles. The largest absolute Gasteiger partial charge is 0.0620 e. The molecule has 0 heterocycles. The summed E-state index contributed by atoms with van der Waals surface area (Å²) in [5.74, 6) is 0. The number of aryl methyl sites for hydroxylation is 2. The van der Waals surface area contributed by atoms with Gasteiger partial charge in [0, 0.05) is 29.6 Å².